The molecule has 1 aliphatic rings. The van der Waals surface area contributed by atoms with Crippen LogP contribution in [0.2, 0.25) is 0 Å². The Bertz CT molecular complexity index is 423. The SMILES string of the molecule is CCCNC1CCC(CCC)CC1Oc1ccccc1F. The van der Waals surface area contributed by atoms with E-state index in [-0.39, 0.29) is 11.9 Å². The highest BCUT2D eigenvalue weighted by atomic mass is 19.1. The normalized spacial score (nSPS) is 25.8. The fourth-order valence-electron chi connectivity index (χ4n) is 3.28. The van der Waals surface area contributed by atoms with Crippen molar-refractivity contribution in [2.75, 3.05) is 6.54 Å². The van der Waals surface area contributed by atoms with Crippen LogP contribution < -0.4 is 10.1 Å². The molecule has 0 aliphatic heterocycles. The molecule has 0 heterocycles. The van der Waals surface area contributed by atoms with E-state index in [1.165, 1.54) is 25.3 Å². The van der Waals surface area contributed by atoms with Crippen LogP contribution >= 0.6 is 0 Å². The lowest BCUT2D eigenvalue weighted by Crippen LogP contribution is -2.47. The van der Waals surface area contributed by atoms with Gasteiger partial charge in [0.15, 0.2) is 11.6 Å². The van der Waals surface area contributed by atoms with Gasteiger partial charge in [-0.25, -0.2) is 4.39 Å². The molecule has 3 atom stereocenters. The van der Waals surface area contributed by atoms with Crippen molar-refractivity contribution < 1.29 is 9.13 Å². The van der Waals surface area contributed by atoms with Gasteiger partial charge in [0, 0.05) is 6.04 Å². The fraction of sp³-hybridized carbons (Fsp3) is 0.667. The average molecular weight is 293 g/mol. The minimum atomic E-state index is -0.260. The summed E-state index contributed by atoms with van der Waals surface area (Å²) in [6, 6.07) is 7.08. The summed E-state index contributed by atoms with van der Waals surface area (Å²) < 4.78 is 19.9. The summed E-state index contributed by atoms with van der Waals surface area (Å²) in [5.41, 5.74) is 0. The van der Waals surface area contributed by atoms with Crippen molar-refractivity contribution in [2.24, 2.45) is 5.92 Å². The molecule has 0 amide bonds. The van der Waals surface area contributed by atoms with Crippen LogP contribution in [0.5, 0.6) is 5.75 Å². The quantitative estimate of drug-likeness (QED) is 0.797. The van der Waals surface area contributed by atoms with Crippen LogP contribution in [0.3, 0.4) is 0 Å². The third-order valence-corrected chi connectivity index (χ3v) is 4.37. The van der Waals surface area contributed by atoms with E-state index in [0.29, 0.717) is 17.7 Å². The molecule has 0 aromatic heterocycles. The van der Waals surface area contributed by atoms with Gasteiger partial charge in [-0.15, -0.1) is 0 Å². The maximum absolute atomic E-state index is 13.8. The van der Waals surface area contributed by atoms with E-state index in [0.717, 1.165) is 25.8 Å². The van der Waals surface area contributed by atoms with Crippen LogP contribution in [-0.2, 0) is 0 Å². The zero-order chi connectivity index (χ0) is 15.1. The number of nitrogens with one attached hydrogen (secondary N) is 1. The molecule has 1 aromatic carbocycles. The van der Waals surface area contributed by atoms with Crippen LogP contribution in [0.15, 0.2) is 24.3 Å². The van der Waals surface area contributed by atoms with Gasteiger partial charge in [0.1, 0.15) is 6.10 Å². The lowest BCUT2D eigenvalue weighted by atomic mass is 9.81. The van der Waals surface area contributed by atoms with Crippen LogP contribution in [-0.4, -0.2) is 18.7 Å². The summed E-state index contributed by atoms with van der Waals surface area (Å²) in [4.78, 5) is 0. The van der Waals surface area contributed by atoms with E-state index in [2.05, 4.69) is 19.2 Å². The molecule has 1 aromatic rings. The van der Waals surface area contributed by atoms with Gasteiger partial charge in [0.2, 0.25) is 0 Å². The van der Waals surface area contributed by atoms with E-state index in [4.69, 9.17) is 4.74 Å². The molecule has 21 heavy (non-hydrogen) atoms. The number of halogens is 1. The van der Waals surface area contributed by atoms with Crippen molar-refractivity contribution in [3.05, 3.63) is 30.1 Å². The van der Waals surface area contributed by atoms with Crippen molar-refractivity contribution in [1.29, 1.82) is 0 Å². The largest absolute Gasteiger partial charge is 0.486 e. The molecule has 1 N–H and O–H groups in total. The monoisotopic (exact) mass is 293 g/mol. The minimum Gasteiger partial charge on any atom is -0.486 e. The van der Waals surface area contributed by atoms with Crippen molar-refractivity contribution in [3.8, 4) is 5.75 Å². The first-order valence-corrected chi connectivity index (χ1v) is 8.39. The minimum absolute atomic E-state index is 0.0822. The molecule has 2 nitrogen and oxygen atoms in total. The van der Waals surface area contributed by atoms with Crippen molar-refractivity contribution >= 4 is 0 Å². The van der Waals surface area contributed by atoms with E-state index in [1.807, 2.05) is 6.07 Å². The molecular weight excluding hydrogens is 265 g/mol. The maximum Gasteiger partial charge on any atom is 0.165 e. The summed E-state index contributed by atoms with van der Waals surface area (Å²) in [6.07, 6.45) is 7.07. The van der Waals surface area contributed by atoms with Gasteiger partial charge >= 0.3 is 0 Å². The lowest BCUT2D eigenvalue weighted by Gasteiger charge is -2.37. The average Bonchev–Trinajstić information content (AvgIpc) is 2.49. The Kier molecular flexibility index (Phi) is 6.50. The number of hydrogen-bond acceptors (Lipinski definition) is 2. The Morgan fingerprint density at radius 2 is 2.00 bits per heavy atom. The van der Waals surface area contributed by atoms with Gasteiger partial charge in [-0.1, -0.05) is 38.8 Å². The van der Waals surface area contributed by atoms with E-state index < -0.39 is 0 Å². The lowest BCUT2D eigenvalue weighted by molar-refractivity contribution is 0.0797. The zero-order valence-corrected chi connectivity index (χ0v) is 13.3. The number of benzene rings is 1. The highest BCUT2D eigenvalue weighted by Crippen LogP contribution is 2.31. The molecule has 1 aliphatic carbocycles. The van der Waals surface area contributed by atoms with Gasteiger partial charge in [-0.2, -0.15) is 0 Å². The predicted octanol–water partition coefficient (Wildman–Crippen LogP) is 4.54. The van der Waals surface area contributed by atoms with E-state index >= 15 is 0 Å². The third kappa shape index (κ3) is 4.70. The van der Waals surface area contributed by atoms with Gasteiger partial charge in [-0.3, -0.25) is 0 Å². The molecule has 0 bridgehead atoms. The molecule has 3 heteroatoms. The standard InChI is InChI=1S/C18H28FNO/c1-3-7-14-10-11-16(20-12-4-2)18(13-14)21-17-9-6-5-8-15(17)19/h5-6,8-9,14,16,18,20H,3-4,7,10-13H2,1-2H3. The van der Waals surface area contributed by atoms with Gasteiger partial charge in [0.05, 0.1) is 0 Å². The van der Waals surface area contributed by atoms with Crippen LogP contribution in [0.1, 0.15) is 52.4 Å². The van der Waals surface area contributed by atoms with Crippen LogP contribution in [0.25, 0.3) is 0 Å². The molecule has 1 saturated carbocycles. The molecule has 118 valence electrons. The second-order valence-electron chi connectivity index (χ2n) is 6.12. The van der Waals surface area contributed by atoms with Crippen LogP contribution in [0, 0.1) is 11.7 Å². The van der Waals surface area contributed by atoms with Gasteiger partial charge in [0.25, 0.3) is 0 Å². The van der Waals surface area contributed by atoms with Crippen molar-refractivity contribution in [3.63, 3.8) is 0 Å². The Hall–Kier alpha value is -1.09. The van der Waals surface area contributed by atoms with Crippen molar-refractivity contribution in [1.82, 2.24) is 5.32 Å². The first-order valence-electron chi connectivity index (χ1n) is 8.39. The maximum atomic E-state index is 13.8. The second kappa shape index (κ2) is 8.38. The number of ether oxygens (including phenoxy) is 1. The first-order chi connectivity index (χ1) is 10.2. The molecule has 0 radical (unpaired) electrons. The summed E-state index contributed by atoms with van der Waals surface area (Å²) in [5.74, 6) is 0.846. The Labute approximate surface area is 128 Å². The number of rotatable bonds is 7. The number of para-hydroxylation sites is 1. The summed E-state index contributed by atoms with van der Waals surface area (Å²) in [7, 11) is 0. The predicted molar refractivity (Wildman–Crippen MR) is 85.1 cm³/mol. The fourth-order valence-corrected chi connectivity index (χ4v) is 3.28. The van der Waals surface area contributed by atoms with Gasteiger partial charge < -0.3 is 10.1 Å². The Morgan fingerprint density at radius 3 is 2.71 bits per heavy atom. The smallest absolute Gasteiger partial charge is 0.165 e. The summed E-state index contributed by atoms with van der Waals surface area (Å²) in [5, 5.41) is 3.58. The summed E-state index contributed by atoms with van der Waals surface area (Å²) in [6.45, 7) is 5.40. The molecule has 3 unspecified atom stereocenters. The summed E-state index contributed by atoms with van der Waals surface area (Å²) >= 11 is 0. The molecule has 0 saturated heterocycles. The Balaban J connectivity index is 2.03. The topological polar surface area (TPSA) is 21.3 Å². The first kappa shape index (κ1) is 16.3. The Morgan fingerprint density at radius 1 is 1.19 bits per heavy atom. The molecule has 0 spiro atoms. The highest BCUT2D eigenvalue weighted by Gasteiger charge is 2.31. The second-order valence-corrected chi connectivity index (χ2v) is 6.12. The van der Waals surface area contributed by atoms with Crippen molar-refractivity contribution in [2.45, 2.75) is 64.5 Å². The van der Waals surface area contributed by atoms with E-state index in [9.17, 15) is 4.39 Å². The molecular formula is C18H28FNO. The highest BCUT2D eigenvalue weighted by molar-refractivity contribution is 5.24. The van der Waals surface area contributed by atoms with E-state index in [1.54, 1.807) is 12.1 Å². The zero-order valence-electron chi connectivity index (χ0n) is 13.3. The van der Waals surface area contributed by atoms with Crippen LogP contribution in [0.4, 0.5) is 4.39 Å². The number of hydrogen-bond donors (Lipinski definition) is 1. The molecule has 2 rings (SSSR count). The van der Waals surface area contributed by atoms with Gasteiger partial charge in [-0.05, 0) is 50.3 Å². The molecule has 1 fully saturated rings. The third-order valence-electron chi connectivity index (χ3n) is 4.37.